The van der Waals surface area contributed by atoms with Crippen LogP contribution in [0.1, 0.15) is 21.6 Å². The molecule has 3 N–H and O–H groups in total. The number of carbonyl (C=O) groups excluding carboxylic acids is 1. The van der Waals surface area contributed by atoms with Crippen LogP contribution in [0, 0.1) is 0 Å². The van der Waals surface area contributed by atoms with Gasteiger partial charge in [-0.3, -0.25) is 9.48 Å². The molecule has 2 aromatic rings. The second-order valence-corrected chi connectivity index (χ2v) is 4.07. The fourth-order valence-electron chi connectivity index (χ4n) is 1.81. The van der Waals surface area contributed by atoms with Crippen molar-refractivity contribution >= 4 is 5.91 Å². The lowest BCUT2D eigenvalue weighted by atomic mass is 10.1. The molecule has 1 aromatic carbocycles. The molecule has 5 heteroatoms. The molecular formula is C13H16N4O. The standard InChI is InChI=1S/C13H16N4O/c1-17-11(6-7-16-17)9-15-8-10-4-2-3-5-12(10)13(14)18/h2-7,15H,8-9H2,1H3,(H2,14,18). The molecule has 0 atom stereocenters. The summed E-state index contributed by atoms with van der Waals surface area (Å²) in [6.45, 7) is 1.30. The summed E-state index contributed by atoms with van der Waals surface area (Å²) in [4.78, 5) is 11.2. The maximum Gasteiger partial charge on any atom is 0.249 e. The largest absolute Gasteiger partial charge is 0.366 e. The molecule has 0 radical (unpaired) electrons. The minimum Gasteiger partial charge on any atom is -0.366 e. The number of hydrogen-bond acceptors (Lipinski definition) is 3. The van der Waals surface area contributed by atoms with Gasteiger partial charge in [-0.15, -0.1) is 0 Å². The van der Waals surface area contributed by atoms with Gasteiger partial charge in [0, 0.05) is 31.9 Å². The van der Waals surface area contributed by atoms with Gasteiger partial charge in [0.05, 0.1) is 5.69 Å². The molecular weight excluding hydrogens is 228 g/mol. The number of nitrogens with zero attached hydrogens (tertiary/aromatic N) is 2. The summed E-state index contributed by atoms with van der Waals surface area (Å²) < 4.78 is 1.81. The normalized spacial score (nSPS) is 10.5. The van der Waals surface area contributed by atoms with Crippen LogP contribution in [0.3, 0.4) is 0 Å². The number of nitrogens with two attached hydrogens (primary N) is 1. The van der Waals surface area contributed by atoms with Gasteiger partial charge in [0.2, 0.25) is 5.91 Å². The van der Waals surface area contributed by atoms with Crippen LogP contribution in [0.5, 0.6) is 0 Å². The van der Waals surface area contributed by atoms with Crippen molar-refractivity contribution in [2.24, 2.45) is 12.8 Å². The van der Waals surface area contributed by atoms with Crippen LogP contribution < -0.4 is 11.1 Å². The average Bonchev–Trinajstić information content (AvgIpc) is 2.76. The van der Waals surface area contributed by atoms with Crippen molar-refractivity contribution in [3.63, 3.8) is 0 Å². The van der Waals surface area contributed by atoms with Gasteiger partial charge >= 0.3 is 0 Å². The number of hydrogen-bond donors (Lipinski definition) is 2. The lowest BCUT2D eigenvalue weighted by Crippen LogP contribution is -2.19. The van der Waals surface area contributed by atoms with Crippen molar-refractivity contribution in [1.82, 2.24) is 15.1 Å². The first kappa shape index (κ1) is 12.3. The number of aromatic nitrogens is 2. The van der Waals surface area contributed by atoms with E-state index in [0.29, 0.717) is 18.7 Å². The summed E-state index contributed by atoms with van der Waals surface area (Å²) in [6, 6.07) is 9.30. The van der Waals surface area contributed by atoms with Crippen molar-refractivity contribution in [2.45, 2.75) is 13.1 Å². The molecule has 0 unspecified atom stereocenters. The maximum absolute atomic E-state index is 11.2. The highest BCUT2D eigenvalue weighted by atomic mass is 16.1. The van der Waals surface area contributed by atoms with Crippen LogP contribution in [0.2, 0.25) is 0 Å². The molecule has 1 aromatic heterocycles. The van der Waals surface area contributed by atoms with Crippen LogP contribution in [0.15, 0.2) is 36.5 Å². The van der Waals surface area contributed by atoms with Crippen LogP contribution in [0.4, 0.5) is 0 Å². The van der Waals surface area contributed by atoms with E-state index in [4.69, 9.17) is 5.73 Å². The van der Waals surface area contributed by atoms with Crippen molar-refractivity contribution in [3.8, 4) is 0 Å². The highest BCUT2D eigenvalue weighted by Gasteiger charge is 2.06. The van der Waals surface area contributed by atoms with E-state index >= 15 is 0 Å². The van der Waals surface area contributed by atoms with Gasteiger partial charge in [0.25, 0.3) is 0 Å². The lowest BCUT2D eigenvalue weighted by molar-refractivity contribution is 0.0999. The number of amides is 1. The van der Waals surface area contributed by atoms with Crippen molar-refractivity contribution in [3.05, 3.63) is 53.3 Å². The minimum atomic E-state index is -0.395. The van der Waals surface area contributed by atoms with E-state index in [9.17, 15) is 4.79 Å². The zero-order valence-corrected chi connectivity index (χ0v) is 10.3. The molecule has 1 amide bonds. The lowest BCUT2D eigenvalue weighted by Gasteiger charge is -2.08. The van der Waals surface area contributed by atoms with E-state index in [-0.39, 0.29) is 0 Å². The van der Waals surface area contributed by atoms with E-state index in [2.05, 4.69) is 10.4 Å². The highest BCUT2D eigenvalue weighted by Crippen LogP contribution is 2.08. The molecule has 0 aliphatic rings. The molecule has 2 rings (SSSR count). The fraction of sp³-hybridized carbons (Fsp3) is 0.231. The van der Waals surface area contributed by atoms with Crippen LogP contribution in [0.25, 0.3) is 0 Å². The number of nitrogens with one attached hydrogen (secondary N) is 1. The number of primary amides is 1. The Morgan fingerprint density at radius 3 is 2.78 bits per heavy atom. The summed E-state index contributed by atoms with van der Waals surface area (Å²) in [6.07, 6.45) is 1.76. The Labute approximate surface area is 106 Å². The maximum atomic E-state index is 11.2. The summed E-state index contributed by atoms with van der Waals surface area (Å²) in [7, 11) is 1.90. The molecule has 94 valence electrons. The Bertz CT molecular complexity index is 547. The quantitative estimate of drug-likeness (QED) is 0.817. The Balaban J connectivity index is 1.99. The third-order valence-corrected chi connectivity index (χ3v) is 2.83. The number of aryl methyl sites for hydroxylation is 1. The highest BCUT2D eigenvalue weighted by molar-refractivity contribution is 5.94. The van der Waals surface area contributed by atoms with Crippen molar-refractivity contribution in [2.75, 3.05) is 0 Å². The number of rotatable bonds is 5. The van der Waals surface area contributed by atoms with Crippen molar-refractivity contribution < 1.29 is 4.79 Å². The van der Waals surface area contributed by atoms with Crippen LogP contribution in [-0.4, -0.2) is 15.7 Å². The first-order chi connectivity index (χ1) is 8.68. The minimum absolute atomic E-state index is 0.395. The molecule has 1 heterocycles. The first-order valence-electron chi connectivity index (χ1n) is 5.74. The Kier molecular flexibility index (Phi) is 3.74. The zero-order valence-electron chi connectivity index (χ0n) is 10.3. The molecule has 0 spiro atoms. The van der Waals surface area contributed by atoms with Gasteiger partial charge in [-0.2, -0.15) is 5.10 Å². The molecule has 0 aliphatic carbocycles. The Morgan fingerprint density at radius 1 is 1.33 bits per heavy atom. The van der Waals surface area contributed by atoms with Gasteiger partial charge in [0.15, 0.2) is 0 Å². The smallest absolute Gasteiger partial charge is 0.249 e. The van der Waals surface area contributed by atoms with Gasteiger partial charge < -0.3 is 11.1 Å². The van der Waals surface area contributed by atoms with E-state index in [1.165, 1.54) is 0 Å². The van der Waals surface area contributed by atoms with E-state index in [0.717, 1.165) is 11.3 Å². The fourth-order valence-corrected chi connectivity index (χ4v) is 1.81. The summed E-state index contributed by atoms with van der Waals surface area (Å²) in [5, 5.41) is 7.36. The molecule has 0 saturated carbocycles. The third-order valence-electron chi connectivity index (χ3n) is 2.83. The van der Waals surface area contributed by atoms with Gasteiger partial charge in [-0.25, -0.2) is 0 Å². The van der Waals surface area contributed by atoms with Gasteiger partial charge in [-0.05, 0) is 17.7 Å². The summed E-state index contributed by atoms with van der Waals surface area (Å²) >= 11 is 0. The van der Waals surface area contributed by atoms with E-state index < -0.39 is 5.91 Å². The molecule has 0 saturated heterocycles. The average molecular weight is 244 g/mol. The molecule has 18 heavy (non-hydrogen) atoms. The topological polar surface area (TPSA) is 72.9 Å². The molecule has 0 aliphatic heterocycles. The second kappa shape index (κ2) is 5.46. The predicted molar refractivity (Wildman–Crippen MR) is 68.7 cm³/mol. The van der Waals surface area contributed by atoms with Crippen molar-refractivity contribution in [1.29, 1.82) is 0 Å². The SMILES string of the molecule is Cn1nccc1CNCc1ccccc1C(N)=O. The summed E-state index contributed by atoms with van der Waals surface area (Å²) in [5.74, 6) is -0.395. The van der Waals surface area contributed by atoms with Crippen LogP contribution >= 0.6 is 0 Å². The third kappa shape index (κ3) is 2.75. The first-order valence-corrected chi connectivity index (χ1v) is 5.74. The van der Waals surface area contributed by atoms with Crippen LogP contribution in [-0.2, 0) is 20.1 Å². The molecule has 0 bridgehead atoms. The second-order valence-electron chi connectivity index (χ2n) is 4.07. The number of carbonyl (C=O) groups is 1. The van der Waals surface area contributed by atoms with Gasteiger partial charge in [-0.1, -0.05) is 18.2 Å². The Morgan fingerprint density at radius 2 is 2.11 bits per heavy atom. The predicted octanol–water partition coefficient (Wildman–Crippen LogP) is 0.809. The number of benzene rings is 1. The molecule has 0 fully saturated rings. The van der Waals surface area contributed by atoms with E-state index in [1.807, 2.05) is 36.0 Å². The summed E-state index contributed by atoms with van der Waals surface area (Å²) in [5.41, 5.74) is 7.89. The Hall–Kier alpha value is -2.14. The zero-order chi connectivity index (χ0) is 13.0. The van der Waals surface area contributed by atoms with Gasteiger partial charge in [0.1, 0.15) is 0 Å². The molecule has 5 nitrogen and oxygen atoms in total. The monoisotopic (exact) mass is 244 g/mol. The van der Waals surface area contributed by atoms with E-state index in [1.54, 1.807) is 12.3 Å².